The molecule has 0 fully saturated rings. The van der Waals surface area contributed by atoms with Crippen LogP contribution in [-0.2, 0) is 16.6 Å². The van der Waals surface area contributed by atoms with Gasteiger partial charge in [-0.1, -0.05) is 81.1 Å². The van der Waals surface area contributed by atoms with E-state index in [0.29, 0.717) is 11.0 Å². The molecular weight excluding hydrogens is 406 g/mol. The summed E-state index contributed by atoms with van der Waals surface area (Å²) >= 11 is 1.30. The molecule has 0 aliphatic heterocycles. The Balaban J connectivity index is 1.39. The van der Waals surface area contributed by atoms with Gasteiger partial charge in [-0.3, -0.25) is 4.79 Å². The largest absolute Gasteiger partial charge is 0.349 e. The number of carbonyl (C=O) groups is 1. The van der Waals surface area contributed by atoms with Crippen LogP contribution in [-0.4, -0.2) is 26.5 Å². The third-order valence-electron chi connectivity index (χ3n) is 5.71. The molecule has 0 radical (unpaired) electrons. The fraction of sp³-hybridized carbons (Fsp3) is 0.375. The number of nitrogens with zero attached hydrogens (tertiary/aromatic N) is 3. The van der Waals surface area contributed by atoms with Crippen LogP contribution in [0.3, 0.4) is 0 Å². The fourth-order valence-electron chi connectivity index (χ4n) is 3.96. The van der Waals surface area contributed by atoms with Crippen molar-refractivity contribution >= 4 is 17.7 Å². The Morgan fingerprint density at radius 2 is 1.90 bits per heavy atom. The van der Waals surface area contributed by atoms with Gasteiger partial charge < -0.3 is 11.2 Å². The minimum absolute atomic E-state index is 0.0224. The summed E-state index contributed by atoms with van der Waals surface area (Å²) in [6.45, 7) is 6.54. The van der Waals surface area contributed by atoms with E-state index in [9.17, 15) is 4.79 Å². The zero-order valence-electron chi connectivity index (χ0n) is 18.3. The summed E-state index contributed by atoms with van der Waals surface area (Å²) in [5.74, 6) is 7.04. The average molecular weight is 436 g/mol. The molecule has 7 heteroatoms. The van der Waals surface area contributed by atoms with Crippen molar-refractivity contribution in [2.75, 3.05) is 11.6 Å². The van der Waals surface area contributed by atoms with E-state index in [1.165, 1.54) is 33.1 Å². The van der Waals surface area contributed by atoms with Crippen molar-refractivity contribution in [3.8, 4) is 11.4 Å². The number of aryl methyl sites for hydroxylation is 1. The maximum absolute atomic E-state index is 12.6. The summed E-state index contributed by atoms with van der Waals surface area (Å²) in [6.07, 6.45) is 3.13. The molecule has 2 aromatic carbocycles. The normalized spacial score (nSPS) is 16.0. The third-order valence-corrected chi connectivity index (χ3v) is 6.65. The van der Waals surface area contributed by atoms with Gasteiger partial charge in [-0.2, -0.15) is 0 Å². The van der Waals surface area contributed by atoms with Crippen molar-refractivity contribution in [2.24, 2.45) is 0 Å². The van der Waals surface area contributed by atoms with Gasteiger partial charge in [-0.05, 0) is 41.4 Å². The van der Waals surface area contributed by atoms with Gasteiger partial charge in [0.05, 0.1) is 11.8 Å². The standard InChI is InChI=1S/C24H29N5OS/c1-24(2,3)18-13-11-17(12-14-18)22-27-28-23(29(22)25)31-15-21(30)26-20-10-6-8-16-7-4-5-9-19(16)20/h4-5,7,9,11-14,20H,6,8,10,15,25H2,1-3H3,(H,26,30). The average Bonchev–Trinajstić information content (AvgIpc) is 3.12. The first-order valence-corrected chi connectivity index (χ1v) is 11.6. The van der Waals surface area contributed by atoms with Crippen LogP contribution >= 0.6 is 11.8 Å². The van der Waals surface area contributed by atoms with Gasteiger partial charge in [-0.15, -0.1) is 10.2 Å². The van der Waals surface area contributed by atoms with Gasteiger partial charge in [0.2, 0.25) is 11.1 Å². The molecule has 1 aromatic heterocycles. The van der Waals surface area contributed by atoms with E-state index in [-0.39, 0.29) is 23.1 Å². The van der Waals surface area contributed by atoms with Crippen molar-refractivity contribution in [1.29, 1.82) is 0 Å². The molecular formula is C24H29N5OS. The van der Waals surface area contributed by atoms with Crippen LogP contribution in [0.5, 0.6) is 0 Å². The number of nitrogens with one attached hydrogen (secondary N) is 1. The number of aromatic nitrogens is 3. The number of carbonyl (C=O) groups excluding carboxylic acids is 1. The Labute approximate surface area is 187 Å². The zero-order chi connectivity index (χ0) is 22.0. The number of fused-ring (bicyclic) bond motifs is 1. The second-order valence-electron chi connectivity index (χ2n) is 9.00. The molecule has 3 aromatic rings. The Kier molecular flexibility index (Phi) is 6.05. The molecule has 6 nitrogen and oxygen atoms in total. The molecule has 4 rings (SSSR count). The first-order valence-electron chi connectivity index (χ1n) is 10.6. The SMILES string of the molecule is CC(C)(C)c1ccc(-c2nnc(SCC(=O)NC3CCCc4ccccc43)n2N)cc1. The summed E-state index contributed by atoms with van der Waals surface area (Å²) < 4.78 is 1.46. The quantitative estimate of drug-likeness (QED) is 0.462. The number of rotatable bonds is 5. The minimum Gasteiger partial charge on any atom is -0.349 e. The highest BCUT2D eigenvalue weighted by molar-refractivity contribution is 7.99. The summed E-state index contributed by atoms with van der Waals surface area (Å²) in [5, 5.41) is 12.1. The molecule has 1 unspecified atom stereocenters. The topological polar surface area (TPSA) is 85.8 Å². The molecule has 1 amide bonds. The van der Waals surface area contributed by atoms with Crippen LogP contribution < -0.4 is 11.2 Å². The molecule has 0 saturated heterocycles. The number of nitrogens with two attached hydrogens (primary N) is 1. The molecule has 1 aliphatic carbocycles. The highest BCUT2D eigenvalue weighted by Gasteiger charge is 2.22. The van der Waals surface area contributed by atoms with Crippen LogP contribution in [0.25, 0.3) is 11.4 Å². The van der Waals surface area contributed by atoms with E-state index in [2.05, 4.69) is 66.6 Å². The first-order chi connectivity index (χ1) is 14.8. The van der Waals surface area contributed by atoms with Crippen LogP contribution in [0.2, 0.25) is 0 Å². The Morgan fingerprint density at radius 1 is 1.16 bits per heavy atom. The number of amides is 1. The smallest absolute Gasteiger partial charge is 0.230 e. The van der Waals surface area contributed by atoms with E-state index in [1.807, 2.05) is 18.2 Å². The monoisotopic (exact) mass is 435 g/mol. The lowest BCUT2D eigenvalue weighted by atomic mass is 9.87. The molecule has 0 saturated carbocycles. The number of thioether (sulfide) groups is 1. The highest BCUT2D eigenvalue weighted by atomic mass is 32.2. The molecule has 1 heterocycles. The lowest BCUT2D eigenvalue weighted by molar-refractivity contribution is -0.119. The van der Waals surface area contributed by atoms with Gasteiger partial charge >= 0.3 is 0 Å². The number of hydrogen-bond donors (Lipinski definition) is 2. The number of hydrogen-bond acceptors (Lipinski definition) is 5. The first kappa shape index (κ1) is 21.4. The van der Waals surface area contributed by atoms with E-state index in [1.54, 1.807) is 0 Å². The van der Waals surface area contributed by atoms with E-state index in [0.717, 1.165) is 24.8 Å². The van der Waals surface area contributed by atoms with Crippen LogP contribution in [0.1, 0.15) is 56.3 Å². The lowest BCUT2D eigenvalue weighted by Gasteiger charge is -2.26. The van der Waals surface area contributed by atoms with Gasteiger partial charge in [0.1, 0.15) is 0 Å². The molecule has 0 bridgehead atoms. The summed E-state index contributed by atoms with van der Waals surface area (Å²) in [7, 11) is 0. The molecule has 0 spiro atoms. The third kappa shape index (κ3) is 4.77. The molecule has 1 aliphatic rings. The summed E-state index contributed by atoms with van der Waals surface area (Å²) in [6, 6.07) is 16.6. The Morgan fingerprint density at radius 3 is 2.65 bits per heavy atom. The van der Waals surface area contributed by atoms with Crippen LogP contribution in [0.4, 0.5) is 0 Å². The Hall–Kier alpha value is -2.80. The van der Waals surface area contributed by atoms with Gasteiger partial charge in [0.15, 0.2) is 5.82 Å². The van der Waals surface area contributed by atoms with E-state index >= 15 is 0 Å². The van der Waals surface area contributed by atoms with Gasteiger partial charge in [0.25, 0.3) is 0 Å². The molecule has 31 heavy (non-hydrogen) atoms. The van der Waals surface area contributed by atoms with Crippen LogP contribution in [0.15, 0.2) is 53.7 Å². The Bertz CT molecular complexity index is 1070. The van der Waals surface area contributed by atoms with Crippen molar-refractivity contribution in [3.05, 3.63) is 65.2 Å². The second kappa shape index (κ2) is 8.75. The van der Waals surface area contributed by atoms with E-state index < -0.39 is 0 Å². The van der Waals surface area contributed by atoms with Crippen molar-refractivity contribution < 1.29 is 4.79 Å². The number of nitrogen functional groups attached to an aromatic ring is 1. The van der Waals surface area contributed by atoms with Gasteiger partial charge in [0, 0.05) is 5.56 Å². The van der Waals surface area contributed by atoms with Gasteiger partial charge in [-0.25, -0.2) is 4.68 Å². The molecule has 1 atom stereocenters. The van der Waals surface area contributed by atoms with Crippen LogP contribution in [0, 0.1) is 0 Å². The van der Waals surface area contributed by atoms with Crippen molar-refractivity contribution in [1.82, 2.24) is 20.2 Å². The second-order valence-corrected chi connectivity index (χ2v) is 9.95. The predicted molar refractivity (Wildman–Crippen MR) is 125 cm³/mol. The number of benzene rings is 2. The van der Waals surface area contributed by atoms with Crippen molar-refractivity contribution in [3.63, 3.8) is 0 Å². The maximum Gasteiger partial charge on any atom is 0.230 e. The highest BCUT2D eigenvalue weighted by Crippen LogP contribution is 2.30. The predicted octanol–water partition coefficient (Wildman–Crippen LogP) is 4.24. The maximum atomic E-state index is 12.6. The zero-order valence-corrected chi connectivity index (χ0v) is 19.1. The summed E-state index contributed by atoms with van der Waals surface area (Å²) in [5.41, 5.74) is 4.79. The lowest BCUT2D eigenvalue weighted by Crippen LogP contribution is -2.32. The molecule has 3 N–H and O–H groups in total. The van der Waals surface area contributed by atoms with Crippen molar-refractivity contribution in [2.45, 2.75) is 56.6 Å². The summed E-state index contributed by atoms with van der Waals surface area (Å²) in [4.78, 5) is 12.6. The minimum atomic E-state index is -0.0224. The fourth-order valence-corrected chi connectivity index (χ4v) is 4.63. The molecule has 162 valence electrons. The van der Waals surface area contributed by atoms with E-state index in [4.69, 9.17) is 5.84 Å².